The van der Waals surface area contributed by atoms with E-state index >= 15 is 0 Å². The van der Waals surface area contributed by atoms with Crippen LogP contribution in [0.4, 0.5) is 0 Å². The molecule has 0 radical (unpaired) electrons. The largest absolute Gasteiger partial charge is 0.445 e. The van der Waals surface area contributed by atoms with E-state index < -0.39 is 0 Å². The molecule has 2 heterocycles. The number of nitrogens with zero attached hydrogens (tertiary/aromatic N) is 1. The molecule has 1 aliphatic carbocycles. The summed E-state index contributed by atoms with van der Waals surface area (Å²) in [6, 6.07) is 0. The van der Waals surface area contributed by atoms with Crippen molar-refractivity contribution in [3.8, 4) is 0 Å². The van der Waals surface area contributed by atoms with Crippen LogP contribution in [0, 0.1) is 12.8 Å². The smallest absolute Gasteiger partial charge is 0.197 e. The minimum Gasteiger partial charge on any atom is -0.445 e. The van der Waals surface area contributed by atoms with E-state index in [1.165, 1.54) is 18.5 Å². The highest BCUT2D eigenvalue weighted by Gasteiger charge is 2.30. The van der Waals surface area contributed by atoms with Crippen molar-refractivity contribution in [2.45, 2.75) is 32.1 Å². The van der Waals surface area contributed by atoms with Crippen molar-refractivity contribution in [2.24, 2.45) is 5.92 Å². The fourth-order valence-electron chi connectivity index (χ4n) is 1.91. The van der Waals surface area contributed by atoms with Gasteiger partial charge in [-0.2, -0.15) is 0 Å². The van der Waals surface area contributed by atoms with Crippen LogP contribution in [0.15, 0.2) is 4.42 Å². The Labute approximate surface area is 83.9 Å². The summed E-state index contributed by atoms with van der Waals surface area (Å²) in [6.45, 7) is 4.33. The number of oxazole rings is 1. The molecule has 0 aromatic carbocycles. The zero-order valence-corrected chi connectivity index (χ0v) is 8.55. The van der Waals surface area contributed by atoms with E-state index in [-0.39, 0.29) is 0 Å². The second-order valence-corrected chi connectivity index (χ2v) is 4.56. The Balaban J connectivity index is 1.74. The van der Waals surface area contributed by atoms with Gasteiger partial charge in [0.2, 0.25) is 0 Å². The Morgan fingerprint density at radius 1 is 1.43 bits per heavy atom. The van der Waals surface area contributed by atoms with Crippen LogP contribution in [0.3, 0.4) is 0 Å². The predicted octanol–water partition coefficient (Wildman–Crippen LogP) is 1.62. The molecule has 76 valence electrons. The summed E-state index contributed by atoms with van der Waals surface area (Å²) in [6.07, 6.45) is 3.63. The highest BCUT2D eigenvalue weighted by Crippen LogP contribution is 2.40. The molecule has 3 heteroatoms. The zero-order chi connectivity index (χ0) is 9.54. The van der Waals surface area contributed by atoms with Crippen molar-refractivity contribution in [3.05, 3.63) is 17.3 Å². The molecule has 0 spiro atoms. The molecule has 0 unspecified atom stereocenters. The molecule has 1 saturated heterocycles. The van der Waals surface area contributed by atoms with Gasteiger partial charge in [-0.1, -0.05) is 0 Å². The van der Waals surface area contributed by atoms with Gasteiger partial charge in [0.15, 0.2) is 5.89 Å². The molecular formula is C11H16N2O. The second kappa shape index (κ2) is 3.09. The Morgan fingerprint density at radius 2 is 2.21 bits per heavy atom. The number of aryl methyl sites for hydroxylation is 1. The lowest BCUT2D eigenvalue weighted by Gasteiger charge is -2.26. The molecule has 14 heavy (non-hydrogen) atoms. The van der Waals surface area contributed by atoms with Gasteiger partial charge in [0.1, 0.15) is 5.76 Å². The molecule has 2 aliphatic rings. The topological polar surface area (TPSA) is 38.1 Å². The summed E-state index contributed by atoms with van der Waals surface area (Å²) in [5.41, 5.74) is 1.19. The van der Waals surface area contributed by atoms with Gasteiger partial charge >= 0.3 is 0 Å². The maximum absolute atomic E-state index is 5.68. The molecule has 1 aromatic heterocycles. The summed E-state index contributed by atoms with van der Waals surface area (Å²) < 4.78 is 5.68. The summed E-state index contributed by atoms with van der Waals surface area (Å²) in [5, 5.41) is 3.28. The molecule has 3 nitrogen and oxygen atoms in total. The lowest BCUT2D eigenvalue weighted by atomic mass is 9.97. The first kappa shape index (κ1) is 8.48. The van der Waals surface area contributed by atoms with Gasteiger partial charge in [-0.15, -0.1) is 0 Å². The van der Waals surface area contributed by atoms with Crippen LogP contribution in [-0.4, -0.2) is 18.1 Å². The van der Waals surface area contributed by atoms with Crippen molar-refractivity contribution < 1.29 is 4.42 Å². The highest BCUT2D eigenvalue weighted by molar-refractivity contribution is 5.14. The number of hydrogen-bond donors (Lipinski definition) is 1. The van der Waals surface area contributed by atoms with Crippen molar-refractivity contribution in [1.29, 1.82) is 0 Å². The van der Waals surface area contributed by atoms with Gasteiger partial charge in [0.05, 0.1) is 5.69 Å². The molecule has 0 bridgehead atoms. The molecule has 1 aliphatic heterocycles. The minimum atomic E-state index is 0.641. The van der Waals surface area contributed by atoms with Gasteiger partial charge in [-0.3, -0.25) is 0 Å². The van der Waals surface area contributed by atoms with Gasteiger partial charge in [-0.05, 0) is 45.2 Å². The fraction of sp³-hybridized carbons (Fsp3) is 0.727. The average molecular weight is 192 g/mol. The van der Waals surface area contributed by atoms with Crippen LogP contribution in [0.2, 0.25) is 0 Å². The highest BCUT2D eigenvalue weighted by atomic mass is 16.4. The first-order chi connectivity index (χ1) is 6.83. The standard InChI is InChI=1S/C11H16N2O/c1-7-10(4-8-5-12-6-8)13-11(14-7)9-2-3-9/h8-9,12H,2-6H2,1H3. The number of hydrogen-bond acceptors (Lipinski definition) is 3. The second-order valence-electron chi connectivity index (χ2n) is 4.56. The third-order valence-electron chi connectivity index (χ3n) is 3.18. The normalized spacial score (nSPS) is 22.4. The van der Waals surface area contributed by atoms with E-state index in [0.29, 0.717) is 5.92 Å². The van der Waals surface area contributed by atoms with E-state index in [1.54, 1.807) is 0 Å². The van der Waals surface area contributed by atoms with Crippen LogP contribution in [0.1, 0.15) is 36.1 Å². The van der Waals surface area contributed by atoms with Crippen LogP contribution < -0.4 is 5.32 Å². The Hall–Kier alpha value is -0.830. The van der Waals surface area contributed by atoms with Crippen LogP contribution in [0.5, 0.6) is 0 Å². The van der Waals surface area contributed by atoms with Crippen molar-refractivity contribution in [1.82, 2.24) is 10.3 Å². The zero-order valence-electron chi connectivity index (χ0n) is 8.55. The SMILES string of the molecule is Cc1oc(C2CC2)nc1CC1CNC1. The van der Waals surface area contributed by atoms with Crippen molar-refractivity contribution >= 4 is 0 Å². The number of rotatable bonds is 3. The number of nitrogens with one attached hydrogen (secondary N) is 1. The first-order valence-electron chi connectivity index (χ1n) is 5.50. The molecule has 1 saturated carbocycles. The summed E-state index contributed by atoms with van der Waals surface area (Å²) in [7, 11) is 0. The van der Waals surface area contributed by atoms with Gasteiger partial charge in [-0.25, -0.2) is 4.98 Å². The molecule has 1 aromatic rings. The van der Waals surface area contributed by atoms with Gasteiger partial charge in [0, 0.05) is 5.92 Å². The van der Waals surface area contributed by atoms with E-state index in [9.17, 15) is 0 Å². The molecule has 1 N–H and O–H groups in total. The maximum atomic E-state index is 5.68. The summed E-state index contributed by atoms with van der Waals surface area (Å²) in [5.74, 6) is 3.46. The number of aromatic nitrogens is 1. The quantitative estimate of drug-likeness (QED) is 0.791. The first-order valence-corrected chi connectivity index (χ1v) is 5.50. The van der Waals surface area contributed by atoms with Gasteiger partial charge in [0.25, 0.3) is 0 Å². The van der Waals surface area contributed by atoms with Gasteiger partial charge < -0.3 is 9.73 Å². The van der Waals surface area contributed by atoms with Crippen LogP contribution in [0.25, 0.3) is 0 Å². The van der Waals surface area contributed by atoms with Crippen molar-refractivity contribution in [3.63, 3.8) is 0 Å². The minimum absolute atomic E-state index is 0.641. The monoisotopic (exact) mass is 192 g/mol. The molecule has 3 rings (SSSR count). The Morgan fingerprint density at radius 3 is 2.79 bits per heavy atom. The van der Waals surface area contributed by atoms with E-state index in [1.807, 2.05) is 6.92 Å². The van der Waals surface area contributed by atoms with E-state index in [2.05, 4.69) is 10.3 Å². The Bertz CT molecular complexity index is 337. The lowest BCUT2D eigenvalue weighted by molar-refractivity contribution is 0.343. The predicted molar refractivity (Wildman–Crippen MR) is 53.3 cm³/mol. The fourth-order valence-corrected chi connectivity index (χ4v) is 1.91. The summed E-state index contributed by atoms with van der Waals surface area (Å²) in [4.78, 5) is 4.60. The summed E-state index contributed by atoms with van der Waals surface area (Å²) >= 11 is 0. The van der Waals surface area contributed by atoms with Crippen LogP contribution in [-0.2, 0) is 6.42 Å². The molecule has 0 atom stereocenters. The Kier molecular flexibility index (Phi) is 1.87. The lowest BCUT2D eigenvalue weighted by Crippen LogP contribution is -2.43. The molecular weight excluding hydrogens is 176 g/mol. The molecule has 2 fully saturated rings. The average Bonchev–Trinajstić information content (AvgIpc) is 2.85. The van der Waals surface area contributed by atoms with E-state index in [4.69, 9.17) is 4.42 Å². The van der Waals surface area contributed by atoms with E-state index in [0.717, 1.165) is 37.1 Å². The van der Waals surface area contributed by atoms with Crippen molar-refractivity contribution in [2.75, 3.05) is 13.1 Å². The third-order valence-corrected chi connectivity index (χ3v) is 3.18. The third kappa shape index (κ3) is 1.46. The molecule has 0 amide bonds. The van der Waals surface area contributed by atoms with Crippen LogP contribution >= 0.6 is 0 Å². The maximum Gasteiger partial charge on any atom is 0.197 e.